The van der Waals surface area contributed by atoms with Crippen molar-refractivity contribution in [3.05, 3.63) is 71.4 Å². The Bertz CT molecular complexity index is 918. The van der Waals surface area contributed by atoms with E-state index in [1.807, 2.05) is 54.6 Å². The van der Waals surface area contributed by atoms with Crippen LogP contribution < -0.4 is 4.74 Å². The van der Waals surface area contributed by atoms with Crippen LogP contribution in [0, 0.1) is 0 Å². The molecule has 0 saturated carbocycles. The molecule has 0 fully saturated rings. The van der Waals surface area contributed by atoms with E-state index < -0.39 is 5.97 Å². The lowest BCUT2D eigenvalue weighted by atomic mass is 10.1. The van der Waals surface area contributed by atoms with Gasteiger partial charge in [0.2, 0.25) is 0 Å². The van der Waals surface area contributed by atoms with Crippen molar-refractivity contribution in [1.82, 2.24) is 4.90 Å². The van der Waals surface area contributed by atoms with E-state index in [0.717, 1.165) is 29.7 Å². The maximum Gasteiger partial charge on any atom is 0.303 e. The zero-order valence-electron chi connectivity index (χ0n) is 16.4. The van der Waals surface area contributed by atoms with Crippen LogP contribution in [0.5, 0.6) is 5.75 Å². The highest BCUT2D eigenvalue weighted by atomic mass is 16.5. The molecule has 0 saturated heterocycles. The van der Waals surface area contributed by atoms with Crippen LogP contribution in [0.3, 0.4) is 0 Å². The van der Waals surface area contributed by atoms with Gasteiger partial charge in [-0.2, -0.15) is 0 Å². The van der Waals surface area contributed by atoms with Gasteiger partial charge in [0, 0.05) is 18.5 Å². The molecule has 1 heterocycles. The minimum atomic E-state index is -0.793. The predicted octanol–water partition coefficient (Wildman–Crippen LogP) is 3.97. The highest BCUT2D eigenvalue weighted by Crippen LogP contribution is 2.23. The first-order chi connectivity index (χ1) is 14.1. The van der Waals surface area contributed by atoms with Crippen LogP contribution in [0.1, 0.15) is 36.8 Å². The minimum Gasteiger partial charge on any atom is -0.497 e. The van der Waals surface area contributed by atoms with E-state index in [2.05, 4.69) is 4.99 Å². The van der Waals surface area contributed by atoms with E-state index in [-0.39, 0.29) is 12.3 Å². The molecule has 0 unspecified atom stereocenters. The van der Waals surface area contributed by atoms with Gasteiger partial charge in [0.1, 0.15) is 17.3 Å². The molecular weight excluding hydrogens is 368 g/mol. The Balaban J connectivity index is 1.79. The summed E-state index contributed by atoms with van der Waals surface area (Å²) in [7, 11) is 1.61. The van der Waals surface area contributed by atoms with Gasteiger partial charge in [-0.3, -0.25) is 14.5 Å². The Kier molecular flexibility index (Phi) is 6.79. The molecule has 1 aliphatic heterocycles. The molecule has 0 aromatic heterocycles. The molecule has 0 bridgehead atoms. The molecule has 1 amide bonds. The Morgan fingerprint density at radius 2 is 1.79 bits per heavy atom. The molecule has 1 aliphatic rings. The number of amides is 1. The Morgan fingerprint density at radius 1 is 1.07 bits per heavy atom. The number of unbranched alkanes of at least 4 members (excludes halogenated alkanes) is 2. The third-order valence-electron chi connectivity index (χ3n) is 4.67. The van der Waals surface area contributed by atoms with E-state index >= 15 is 0 Å². The normalized spacial score (nSPS) is 14.9. The Morgan fingerprint density at radius 3 is 2.45 bits per heavy atom. The monoisotopic (exact) mass is 392 g/mol. The second-order valence-corrected chi connectivity index (χ2v) is 6.77. The van der Waals surface area contributed by atoms with Gasteiger partial charge < -0.3 is 9.84 Å². The number of ether oxygens (including phenoxy) is 1. The zero-order chi connectivity index (χ0) is 20.6. The number of hydrogen-bond donors (Lipinski definition) is 1. The molecule has 0 radical (unpaired) electrons. The van der Waals surface area contributed by atoms with E-state index in [4.69, 9.17) is 9.84 Å². The average Bonchev–Trinajstić information content (AvgIpc) is 3.04. The van der Waals surface area contributed by atoms with Crippen molar-refractivity contribution in [2.75, 3.05) is 13.7 Å². The Hall–Kier alpha value is -3.41. The van der Waals surface area contributed by atoms with Gasteiger partial charge in [-0.25, -0.2) is 4.99 Å². The number of carbonyl (C=O) groups excluding carboxylic acids is 1. The summed E-state index contributed by atoms with van der Waals surface area (Å²) in [6.45, 7) is 0.506. The number of amidine groups is 1. The average molecular weight is 392 g/mol. The lowest BCUT2D eigenvalue weighted by molar-refractivity contribution is -0.137. The first-order valence-electron chi connectivity index (χ1n) is 9.62. The zero-order valence-corrected chi connectivity index (χ0v) is 16.4. The third-order valence-corrected chi connectivity index (χ3v) is 4.67. The molecule has 150 valence electrons. The molecule has 0 spiro atoms. The number of methoxy groups -OCH3 is 1. The van der Waals surface area contributed by atoms with Crippen LogP contribution in [0.2, 0.25) is 0 Å². The highest BCUT2D eigenvalue weighted by molar-refractivity contribution is 6.19. The van der Waals surface area contributed by atoms with Crippen LogP contribution in [0.25, 0.3) is 6.08 Å². The minimum absolute atomic E-state index is 0.141. The molecule has 29 heavy (non-hydrogen) atoms. The van der Waals surface area contributed by atoms with Crippen molar-refractivity contribution in [2.45, 2.75) is 25.7 Å². The van der Waals surface area contributed by atoms with E-state index in [1.165, 1.54) is 0 Å². The lowest BCUT2D eigenvalue weighted by Gasteiger charge is -2.18. The SMILES string of the molecule is COc1ccc(/C=C2\N=C(c3ccccc3)N(CCCCCC(=O)O)C2=O)cc1. The number of carboxylic acids is 1. The predicted molar refractivity (Wildman–Crippen MR) is 112 cm³/mol. The molecule has 6 nitrogen and oxygen atoms in total. The number of benzene rings is 2. The van der Waals surface area contributed by atoms with Gasteiger partial charge in [0.15, 0.2) is 0 Å². The summed E-state index contributed by atoms with van der Waals surface area (Å²) in [5.41, 5.74) is 2.14. The molecule has 0 atom stereocenters. The number of nitrogens with zero attached hydrogens (tertiary/aromatic N) is 2. The number of aliphatic carboxylic acids is 1. The van der Waals surface area contributed by atoms with Crippen LogP contribution in [-0.4, -0.2) is 41.4 Å². The van der Waals surface area contributed by atoms with E-state index in [0.29, 0.717) is 24.5 Å². The van der Waals surface area contributed by atoms with Crippen LogP contribution >= 0.6 is 0 Å². The maximum atomic E-state index is 13.0. The first-order valence-corrected chi connectivity index (χ1v) is 9.62. The fourth-order valence-corrected chi connectivity index (χ4v) is 3.15. The quantitative estimate of drug-likeness (QED) is 0.517. The van der Waals surface area contributed by atoms with Crippen molar-refractivity contribution in [2.24, 2.45) is 4.99 Å². The summed E-state index contributed by atoms with van der Waals surface area (Å²) < 4.78 is 5.17. The van der Waals surface area contributed by atoms with Crippen LogP contribution in [0.15, 0.2) is 65.3 Å². The topological polar surface area (TPSA) is 79.2 Å². The summed E-state index contributed by atoms with van der Waals surface area (Å²) in [6.07, 6.45) is 3.99. The molecule has 2 aromatic rings. The van der Waals surface area contributed by atoms with Crippen molar-refractivity contribution in [1.29, 1.82) is 0 Å². The van der Waals surface area contributed by atoms with Crippen molar-refractivity contribution >= 4 is 23.8 Å². The largest absolute Gasteiger partial charge is 0.497 e. The van der Waals surface area contributed by atoms with Gasteiger partial charge in [-0.1, -0.05) is 48.9 Å². The molecule has 2 aromatic carbocycles. The summed E-state index contributed by atoms with van der Waals surface area (Å²) in [4.78, 5) is 30.0. The van der Waals surface area contributed by atoms with Gasteiger partial charge in [0.25, 0.3) is 5.91 Å². The first kappa shape index (κ1) is 20.3. The molecule has 3 rings (SSSR count). The fourth-order valence-electron chi connectivity index (χ4n) is 3.15. The van der Waals surface area contributed by atoms with Crippen LogP contribution in [-0.2, 0) is 9.59 Å². The standard InChI is InChI=1S/C23H24N2O4/c1-29-19-13-11-17(12-14-19)16-20-23(28)25(15-7-3-6-10-21(26)27)22(24-20)18-8-4-2-5-9-18/h2,4-5,8-9,11-14,16H,3,6-7,10,15H2,1H3,(H,26,27)/b20-16-. The van der Waals surface area contributed by atoms with Gasteiger partial charge in [-0.15, -0.1) is 0 Å². The maximum absolute atomic E-state index is 13.0. The van der Waals surface area contributed by atoms with Crippen molar-refractivity contribution in [3.63, 3.8) is 0 Å². The number of carboxylic acid groups (broad SMARTS) is 1. The smallest absolute Gasteiger partial charge is 0.303 e. The van der Waals surface area contributed by atoms with Crippen molar-refractivity contribution in [3.8, 4) is 5.75 Å². The van der Waals surface area contributed by atoms with Gasteiger partial charge in [-0.05, 0) is 36.6 Å². The summed E-state index contributed by atoms with van der Waals surface area (Å²) >= 11 is 0. The van der Waals surface area contributed by atoms with Crippen molar-refractivity contribution < 1.29 is 19.4 Å². The van der Waals surface area contributed by atoms with E-state index in [9.17, 15) is 9.59 Å². The lowest BCUT2D eigenvalue weighted by Crippen LogP contribution is -2.33. The molecule has 0 aliphatic carbocycles. The summed E-state index contributed by atoms with van der Waals surface area (Å²) in [5, 5.41) is 8.77. The third kappa shape index (κ3) is 5.31. The molecule has 6 heteroatoms. The fraction of sp³-hybridized carbons (Fsp3) is 0.261. The van der Waals surface area contributed by atoms with E-state index in [1.54, 1.807) is 18.1 Å². The second-order valence-electron chi connectivity index (χ2n) is 6.77. The number of aliphatic imine (C=N–C) groups is 1. The highest BCUT2D eigenvalue weighted by Gasteiger charge is 2.30. The Labute approximate surface area is 170 Å². The number of carbonyl (C=O) groups is 2. The van der Waals surface area contributed by atoms with Crippen LogP contribution in [0.4, 0.5) is 0 Å². The van der Waals surface area contributed by atoms with Gasteiger partial charge in [0.05, 0.1) is 7.11 Å². The molecular formula is C23H24N2O4. The summed E-state index contributed by atoms with van der Waals surface area (Å²) in [5.74, 6) is 0.450. The number of rotatable bonds is 9. The van der Waals surface area contributed by atoms with Gasteiger partial charge >= 0.3 is 5.97 Å². The number of hydrogen-bond acceptors (Lipinski definition) is 4. The second kappa shape index (κ2) is 9.68. The molecule has 1 N–H and O–H groups in total. The summed E-state index contributed by atoms with van der Waals surface area (Å²) in [6, 6.07) is 17.1.